The zero-order valence-electron chi connectivity index (χ0n) is 11.6. The van der Waals surface area contributed by atoms with Crippen molar-refractivity contribution in [1.29, 1.82) is 0 Å². The number of hydrogen-bond donors (Lipinski definition) is 1. The third kappa shape index (κ3) is 2.59. The Morgan fingerprint density at radius 3 is 2.63 bits per heavy atom. The molecule has 102 valence electrons. The molecule has 0 bridgehead atoms. The topological polar surface area (TPSA) is 24.9 Å². The second-order valence-corrected chi connectivity index (χ2v) is 5.79. The molecule has 4 heteroatoms. The molecule has 0 spiro atoms. The Morgan fingerprint density at radius 1 is 1.37 bits per heavy atom. The van der Waals surface area contributed by atoms with Gasteiger partial charge in [-0.15, -0.1) is 0 Å². The molecule has 0 aliphatic carbocycles. The summed E-state index contributed by atoms with van der Waals surface area (Å²) >= 11 is 3.34. The second-order valence-electron chi connectivity index (χ2n) is 4.99. The van der Waals surface area contributed by atoms with Gasteiger partial charge in [-0.05, 0) is 53.4 Å². The summed E-state index contributed by atoms with van der Waals surface area (Å²) in [5, 5.41) is 4.13. The Bertz CT molecular complexity index is 623. The van der Waals surface area contributed by atoms with Crippen molar-refractivity contribution in [1.82, 2.24) is 4.98 Å². The van der Waals surface area contributed by atoms with Gasteiger partial charge in [-0.25, -0.2) is 4.39 Å². The van der Waals surface area contributed by atoms with Gasteiger partial charge in [-0.2, -0.15) is 0 Å². The van der Waals surface area contributed by atoms with E-state index < -0.39 is 0 Å². The molecule has 1 N–H and O–H groups in total. The third-order valence-electron chi connectivity index (χ3n) is 3.14. The van der Waals surface area contributed by atoms with Crippen molar-refractivity contribution in [2.45, 2.75) is 33.6 Å². The van der Waals surface area contributed by atoms with Crippen molar-refractivity contribution in [3.05, 3.63) is 33.7 Å². The minimum Gasteiger partial charge on any atom is -0.385 e. The molecular formula is C15H18BrFN2. The van der Waals surface area contributed by atoms with Gasteiger partial charge in [0.25, 0.3) is 0 Å². The lowest BCUT2D eigenvalue weighted by Gasteiger charge is -2.15. The summed E-state index contributed by atoms with van der Waals surface area (Å²) in [5.74, 6) is 0.0910. The minimum atomic E-state index is -0.247. The first-order chi connectivity index (χ1) is 8.95. The van der Waals surface area contributed by atoms with Crippen molar-refractivity contribution >= 4 is 32.5 Å². The Hall–Kier alpha value is -1.16. The predicted molar refractivity (Wildman–Crippen MR) is 82.4 cm³/mol. The van der Waals surface area contributed by atoms with E-state index in [0.717, 1.165) is 34.4 Å². The highest BCUT2D eigenvalue weighted by atomic mass is 79.9. The summed E-state index contributed by atoms with van der Waals surface area (Å²) in [4.78, 5) is 4.68. The van der Waals surface area contributed by atoms with Crippen LogP contribution in [-0.4, -0.2) is 11.5 Å². The molecular weight excluding hydrogens is 307 g/mol. The van der Waals surface area contributed by atoms with Crippen LogP contribution in [0, 0.1) is 12.7 Å². The number of halogens is 2. The number of pyridine rings is 1. The van der Waals surface area contributed by atoms with E-state index in [2.05, 4.69) is 40.1 Å². The van der Waals surface area contributed by atoms with Gasteiger partial charge in [0, 0.05) is 23.3 Å². The van der Waals surface area contributed by atoms with E-state index in [1.165, 1.54) is 6.07 Å². The smallest absolute Gasteiger partial charge is 0.138 e. The fraction of sp³-hybridized carbons (Fsp3) is 0.400. The summed E-state index contributed by atoms with van der Waals surface area (Å²) in [5.41, 5.74) is 3.67. The van der Waals surface area contributed by atoms with E-state index in [1.807, 2.05) is 19.9 Å². The molecule has 0 fully saturated rings. The highest BCUT2D eigenvalue weighted by Gasteiger charge is 2.15. The molecule has 1 aromatic carbocycles. The lowest BCUT2D eigenvalue weighted by atomic mass is 10.0. The maximum absolute atomic E-state index is 13.9. The summed E-state index contributed by atoms with van der Waals surface area (Å²) in [7, 11) is 0. The van der Waals surface area contributed by atoms with Crippen molar-refractivity contribution in [3.63, 3.8) is 0 Å². The van der Waals surface area contributed by atoms with Gasteiger partial charge in [0.1, 0.15) is 5.82 Å². The van der Waals surface area contributed by atoms with Crippen molar-refractivity contribution in [3.8, 4) is 0 Å². The van der Waals surface area contributed by atoms with E-state index >= 15 is 0 Å². The predicted octanol–water partition coefficient (Wildman–Crippen LogP) is 5.00. The Balaban J connectivity index is 2.86. The second kappa shape index (κ2) is 5.45. The average Bonchev–Trinajstić information content (AvgIpc) is 2.35. The maximum Gasteiger partial charge on any atom is 0.138 e. The van der Waals surface area contributed by atoms with Crippen LogP contribution in [0.5, 0.6) is 0 Å². The van der Waals surface area contributed by atoms with Crippen LogP contribution in [0.3, 0.4) is 0 Å². The molecule has 0 radical (unpaired) electrons. The number of nitrogens with one attached hydrogen (secondary N) is 1. The molecule has 2 nitrogen and oxygen atoms in total. The largest absolute Gasteiger partial charge is 0.385 e. The highest BCUT2D eigenvalue weighted by Crippen LogP contribution is 2.35. The van der Waals surface area contributed by atoms with Crippen LogP contribution in [0.25, 0.3) is 10.9 Å². The van der Waals surface area contributed by atoms with Crippen LogP contribution in [0.4, 0.5) is 10.1 Å². The highest BCUT2D eigenvalue weighted by molar-refractivity contribution is 9.10. The molecule has 0 amide bonds. The van der Waals surface area contributed by atoms with Crippen LogP contribution in [0.2, 0.25) is 0 Å². The number of rotatable bonds is 3. The minimum absolute atomic E-state index is 0.247. The molecule has 0 aliphatic rings. The Morgan fingerprint density at radius 2 is 2.05 bits per heavy atom. The zero-order valence-corrected chi connectivity index (χ0v) is 13.2. The number of hydrogen-bond acceptors (Lipinski definition) is 2. The first-order valence-corrected chi connectivity index (χ1v) is 7.28. The number of aromatic nitrogens is 1. The van der Waals surface area contributed by atoms with Crippen LogP contribution in [0.15, 0.2) is 16.6 Å². The lowest BCUT2D eigenvalue weighted by Crippen LogP contribution is -2.03. The lowest BCUT2D eigenvalue weighted by molar-refractivity contribution is 0.622. The van der Waals surface area contributed by atoms with Crippen LogP contribution in [-0.2, 0) is 0 Å². The normalized spacial score (nSPS) is 11.3. The summed E-state index contributed by atoms with van der Waals surface area (Å²) in [6, 6.07) is 3.54. The van der Waals surface area contributed by atoms with Gasteiger partial charge in [0.05, 0.1) is 9.99 Å². The molecule has 0 saturated carbocycles. The van der Waals surface area contributed by atoms with Gasteiger partial charge >= 0.3 is 0 Å². The molecule has 19 heavy (non-hydrogen) atoms. The van der Waals surface area contributed by atoms with Crippen molar-refractivity contribution in [2.75, 3.05) is 11.9 Å². The van der Waals surface area contributed by atoms with Crippen LogP contribution < -0.4 is 5.32 Å². The number of benzene rings is 1. The molecule has 0 aliphatic heterocycles. The molecule has 0 unspecified atom stereocenters. The summed E-state index contributed by atoms with van der Waals surface area (Å²) < 4.78 is 14.4. The molecule has 1 aromatic heterocycles. The maximum atomic E-state index is 13.9. The van der Waals surface area contributed by atoms with E-state index in [-0.39, 0.29) is 5.82 Å². The standard InChI is InChI=1S/C15H18BrFN2/c1-5-18-12-7-11(8(2)3)19-15-9(4)6-10(17)14(16)13(12)15/h6-8H,5H2,1-4H3,(H,18,19). The zero-order chi connectivity index (χ0) is 14.2. The van der Waals surface area contributed by atoms with Gasteiger partial charge in [-0.1, -0.05) is 13.8 Å². The van der Waals surface area contributed by atoms with Crippen LogP contribution >= 0.6 is 15.9 Å². The number of nitrogens with zero attached hydrogens (tertiary/aromatic N) is 1. The summed E-state index contributed by atoms with van der Waals surface area (Å²) in [6.45, 7) is 8.93. The fourth-order valence-electron chi connectivity index (χ4n) is 2.14. The molecule has 2 aromatic rings. The number of aryl methyl sites for hydroxylation is 1. The SMILES string of the molecule is CCNc1cc(C(C)C)nc2c(C)cc(F)c(Br)c12. The fourth-order valence-corrected chi connectivity index (χ4v) is 2.66. The molecule has 2 rings (SSSR count). The first-order valence-electron chi connectivity index (χ1n) is 6.48. The van der Waals surface area contributed by atoms with Crippen molar-refractivity contribution in [2.24, 2.45) is 0 Å². The Labute approximate surface area is 121 Å². The average molecular weight is 325 g/mol. The van der Waals surface area contributed by atoms with E-state index in [1.54, 1.807) is 0 Å². The van der Waals surface area contributed by atoms with Gasteiger partial charge in [0.15, 0.2) is 0 Å². The summed E-state index contributed by atoms with van der Waals surface area (Å²) in [6.07, 6.45) is 0. The van der Waals surface area contributed by atoms with E-state index in [4.69, 9.17) is 0 Å². The third-order valence-corrected chi connectivity index (χ3v) is 3.92. The van der Waals surface area contributed by atoms with Crippen molar-refractivity contribution < 1.29 is 4.39 Å². The monoisotopic (exact) mass is 324 g/mol. The van der Waals surface area contributed by atoms with E-state index in [9.17, 15) is 4.39 Å². The Kier molecular flexibility index (Phi) is 4.09. The van der Waals surface area contributed by atoms with E-state index in [0.29, 0.717) is 10.4 Å². The van der Waals surface area contributed by atoms with Gasteiger partial charge < -0.3 is 5.32 Å². The number of fused-ring (bicyclic) bond motifs is 1. The number of anilines is 1. The van der Waals surface area contributed by atoms with Gasteiger partial charge in [-0.3, -0.25) is 4.98 Å². The van der Waals surface area contributed by atoms with Crippen LogP contribution in [0.1, 0.15) is 37.9 Å². The molecule has 0 saturated heterocycles. The molecule has 0 atom stereocenters. The molecule has 1 heterocycles. The quantitative estimate of drug-likeness (QED) is 0.859. The first kappa shape index (κ1) is 14.3. The van der Waals surface area contributed by atoms with Gasteiger partial charge in [0.2, 0.25) is 0 Å².